The van der Waals surface area contributed by atoms with Crippen molar-refractivity contribution in [2.75, 3.05) is 26.8 Å². The molecule has 1 unspecified atom stereocenters. The van der Waals surface area contributed by atoms with Crippen molar-refractivity contribution in [2.45, 2.75) is 84.8 Å². The smallest absolute Gasteiger partial charge is 0.168 e. The Labute approximate surface area is 133 Å². The molecule has 0 fully saturated rings. The predicted molar refractivity (Wildman–Crippen MR) is 91.7 cm³/mol. The Hall–Kier alpha value is -0.120. The third kappa shape index (κ3) is 9.49. The number of nitrogens with one attached hydrogen (secondary N) is 1. The maximum absolute atomic E-state index is 5.97. The molecule has 3 heteroatoms. The van der Waals surface area contributed by atoms with Crippen LogP contribution in [0.1, 0.15) is 79.1 Å². The molecule has 0 aliphatic carbocycles. The molecule has 0 aromatic heterocycles. The highest BCUT2D eigenvalue weighted by molar-refractivity contribution is 4.76. The highest BCUT2D eigenvalue weighted by Gasteiger charge is 2.34. The molecule has 3 nitrogen and oxygen atoms in total. The quantitative estimate of drug-likeness (QED) is 0.350. The van der Waals surface area contributed by atoms with Crippen LogP contribution in [0.4, 0.5) is 0 Å². The average molecular weight is 302 g/mol. The number of rotatable bonds is 15. The number of unbranched alkanes of at least 4 members (excludes halogenated alkanes) is 5. The van der Waals surface area contributed by atoms with Gasteiger partial charge in [-0.3, -0.25) is 0 Å². The van der Waals surface area contributed by atoms with Gasteiger partial charge in [0, 0.05) is 19.1 Å². The largest absolute Gasteiger partial charge is 0.350 e. The molecule has 1 atom stereocenters. The van der Waals surface area contributed by atoms with E-state index in [1.807, 2.05) is 7.05 Å². The lowest BCUT2D eigenvalue weighted by molar-refractivity contribution is -0.254. The second-order valence-electron chi connectivity index (χ2n) is 6.03. The molecule has 128 valence electrons. The predicted octanol–water partition coefficient (Wildman–Crippen LogP) is 4.75. The van der Waals surface area contributed by atoms with Gasteiger partial charge in [0.25, 0.3) is 0 Å². The molecule has 21 heavy (non-hydrogen) atoms. The van der Waals surface area contributed by atoms with E-state index in [0.717, 1.165) is 13.0 Å². The van der Waals surface area contributed by atoms with E-state index in [-0.39, 0.29) is 0 Å². The fourth-order valence-electron chi connectivity index (χ4n) is 3.01. The Kier molecular flexibility index (Phi) is 13.5. The van der Waals surface area contributed by atoms with Crippen LogP contribution in [0.15, 0.2) is 0 Å². The molecule has 0 bridgehead atoms. The molecule has 0 heterocycles. The lowest BCUT2D eigenvalue weighted by atomic mass is 9.89. The molecule has 0 aromatic rings. The van der Waals surface area contributed by atoms with Crippen molar-refractivity contribution in [1.82, 2.24) is 5.32 Å². The van der Waals surface area contributed by atoms with Gasteiger partial charge in [-0.25, -0.2) is 0 Å². The van der Waals surface area contributed by atoms with Gasteiger partial charge in [-0.2, -0.15) is 0 Å². The van der Waals surface area contributed by atoms with Crippen molar-refractivity contribution in [3.8, 4) is 0 Å². The second kappa shape index (κ2) is 13.5. The molecule has 0 saturated heterocycles. The molecule has 1 N–H and O–H groups in total. The fraction of sp³-hybridized carbons (Fsp3) is 1.00. The van der Waals surface area contributed by atoms with Crippen molar-refractivity contribution < 1.29 is 9.47 Å². The Morgan fingerprint density at radius 1 is 0.857 bits per heavy atom. The fourth-order valence-corrected chi connectivity index (χ4v) is 3.01. The Bertz CT molecular complexity index is 215. The van der Waals surface area contributed by atoms with Gasteiger partial charge < -0.3 is 14.8 Å². The zero-order valence-corrected chi connectivity index (χ0v) is 15.2. The van der Waals surface area contributed by atoms with E-state index in [1.165, 1.54) is 44.9 Å². The summed E-state index contributed by atoms with van der Waals surface area (Å²) in [6.07, 6.45) is 10.4. The molecular formula is C18H39NO2. The van der Waals surface area contributed by atoms with Crippen LogP contribution in [-0.4, -0.2) is 32.6 Å². The van der Waals surface area contributed by atoms with Crippen molar-refractivity contribution in [3.05, 3.63) is 0 Å². The minimum Gasteiger partial charge on any atom is -0.350 e. The summed E-state index contributed by atoms with van der Waals surface area (Å²) in [5.41, 5.74) is 0. The molecule has 0 saturated carbocycles. The van der Waals surface area contributed by atoms with E-state index in [2.05, 4.69) is 33.0 Å². The summed E-state index contributed by atoms with van der Waals surface area (Å²) in [5.74, 6) is 0.0417. The first kappa shape index (κ1) is 20.9. The highest BCUT2D eigenvalue weighted by Crippen LogP contribution is 2.31. The molecule has 0 aromatic carbocycles. The van der Waals surface area contributed by atoms with E-state index in [4.69, 9.17) is 9.47 Å². The summed E-state index contributed by atoms with van der Waals surface area (Å²) in [6.45, 7) is 10.9. The maximum Gasteiger partial charge on any atom is 0.168 e. The maximum atomic E-state index is 5.97. The standard InChI is InChI=1S/C18H39NO2/c1-6-9-10-11-12-13-14-17(15-16-19-5)18(4,20-7-2)21-8-3/h17,19H,6-16H2,1-5H3. The summed E-state index contributed by atoms with van der Waals surface area (Å²) < 4.78 is 11.9. The van der Waals surface area contributed by atoms with E-state index in [0.29, 0.717) is 19.1 Å². The number of ether oxygens (including phenoxy) is 2. The first-order chi connectivity index (χ1) is 10.1. The lowest BCUT2D eigenvalue weighted by Gasteiger charge is -2.37. The molecule has 0 amide bonds. The highest BCUT2D eigenvalue weighted by atomic mass is 16.7. The third-order valence-electron chi connectivity index (χ3n) is 4.25. The summed E-state index contributed by atoms with van der Waals surface area (Å²) in [7, 11) is 2.01. The van der Waals surface area contributed by atoms with Gasteiger partial charge in [0.05, 0.1) is 0 Å². The van der Waals surface area contributed by atoms with Gasteiger partial charge >= 0.3 is 0 Å². The van der Waals surface area contributed by atoms with Gasteiger partial charge in [-0.1, -0.05) is 45.4 Å². The zero-order valence-electron chi connectivity index (χ0n) is 15.2. The van der Waals surface area contributed by atoms with Crippen LogP contribution in [0.2, 0.25) is 0 Å². The molecule has 0 rings (SSSR count). The SMILES string of the molecule is CCCCCCCCC(CCNC)C(C)(OCC)OCC. The first-order valence-corrected chi connectivity index (χ1v) is 9.07. The first-order valence-electron chi connectivity index (χ1n) is 9.07. The van der Waals surface area contributed by atoms with Crippen LogP contribution in [-0.2, 0) is 9.47 Å². The van der Waals surface area contributed by atoms with E-state index >= 15 is 0 Å². The third-order valence-corrected chi connectivity index (χ3v) is 4.25. The van der Waals surface area contributed by atoms with Crippen LogP contribution in [0.5, 0.6) is 0 Å². The van der Waals surface area contributed by atoms with Gasteiger partial charge in [0.15, 0.2) is 5.79 Å². The molecule has 0 aliphatic rings. The summed E-state index contributed by atoms with van der Waals surface area (Å²) >= 11 is 0. The normalized spacial score (nSPS) is 13.6. The van der Waals surface area contributed by atoms with Crippen molar-refractivity contribution in [2.24, 2.45) is 5.92 Å². The van der Waals surface area contributed by atoms with Crippen LogP contribution >= 0.6 is 0 Å². The average Bonchev–Trinajstić information content (AvgIpc) is 2.46. The summed E-state index contributed by atoms with van der Waals surface area (Å²) in [4.78, 5) is 0. The number of hydrogen-bond donors (Lipinski definition) is 1. The van der Waals surface area contributed by atoms with Gasteiger partial charge in [-0.15, -0.1) is 0 Å². The summed E-state index contributed by atoms with van der Waals surface area (Å²) in [6, 6.07) is 0. The zero-order chi connectivity index (χ0) is 16.0. The molecule has 0 aliphatic heterocycles. The van der Waals surface area contributed by atoms with Crippen molar-refractivity contribution in [1.29, 1.82) is 0 Å². The van der Waals surface area contributed by atoms with Gasteiger partial charge in [0.1, 0.15) is 0 Å². The lowest BCUT2D eigenvalue weighted by Crippen LogP contribution is -2.42. The molecule has 0 spiro atoms. The topological polar surface area (TPSA) is 30.5 Å². The minimum absolute atomic E-state index is 0.427. The van der Waals surface area contributed by atoms with E-state index in [9.17, 15) is 0 Å². The molecular weight excluding hydrogens is 262 g/mol. The Morgan fingerprint density at radius 2 is 1.43 bits per heavy atom. The van der Waals surface area contributed by atoms with Crippen LogP contribution < -0.4 is 5.32 Å². The van der Waals surface area contributed by atoms with Crippen molar-refractivity contribution >= 4 is 0 Å². The minimum atomic E-state index is -0.427. The second-order valence-corrected chi connectivity index (χ2v) is 6.03. The van der Waals surface area contributed by atoms with Crippen LogP contribution in [0, 0.1) is 5.92 Å². The Morgan fingerprint density at radius 3 is 1.95 bits per heavy atom. The monoisotopic (exact) mass is 301 g/mol. The van der Waals surface area contributed by atoms with E-state index < -0.39 is 5.79 Å². The molecule has 0 radical (unpaired) electrons. The number of hydrogen-bond acceptors (Lipinski definition) is 3. The van der Waals surface area contributed by atoms with E-state index in [1.54, 1.807) is 0 Å². The summed E-state index contributed by atoms with van der Waals surface area (Å²) in [5, 5.41) is 3.26. The van der Waals surface area contributed by atoms with Crippen molar-refractivity contribution in [3.63, 3.8) is 0 Å². The van der Waals surface area contributed by atoms with Crippen LogP contribution in [0.25, 0.3) is 0 Å². The van der Waals surface area contributed by atoms with Gasteiger partial charge in [-0.05, 0) is 47.2 Å². The van der Waals surface area contributed by atoms with Gasteiger partial charge in [0.2, 0.25) is 0 Å². The van der Waals surface area contributed by atoms with Crippen LogP contribution in [0.3, 0.4) is 0 Å². The Balaban J connectivity index is 4.32.